The highest BCUT2D eigenvalue weighted by atomic mass is 19.1. The molecule has 2 aromatic carbocycles. The van der Waals surface area contributed by atoms with Crippen LogP contribution in [0.5, 0.6) is 0 Å². The van der Waals surface area contributed by atoms with Gasteiger partial charge in [-0.2, -0.15) is 0 Å². The minimum absolute atomic E-state index is 0.0715. The zero-order chi connectivity index (χ0) is 16.4. The molecule has 0 radical (unpaired) electrons. The maximum absolute atomic E-state index is 13.4. The first-order valence-electron chi connectivity index (χ1n) is 7.28. The number of carboxylic acid groups (broad SMARTS) is 1. The van der Waals surface area contributed by atoms with Crippen molar-refractivity contribution in [1.29, 1.82) is 0 Å². The number of aryl methyl sites for hydroxylation is 1. The zero-order valence-corrected chi connectivity index (χ0v) is 12.4. The maximum Gasteiger partial charge on any atom is 0.303 e. The summed E-state index contributed by atoms with van der Waals surface area (Å²) in [7, 11) is 0. The largest absolute Gasteiger partial charge is 0.481 e. The summed E-state index contributed by atoms with van der Waals surface area (Å²) in [6.07, 6.45) is 0.544. The van der Waals surface area contributed by atoms with Crippen molar-refractivity contribution in [3.8, 4) is 11.4 Å². The van der Waals surface area contributed by atoms with Crippen LogP contribution in [0.4, 0.5) is 10.1 Å². The molecule has 3 rings (SSSR count). The zero-order valence-electron chi connectivity index (χ0n) is 12.4. The van der Waals surface area contributed by atoms with Crippen LogP contribution >= 0.6 is 0 Å². The number of carbonyl (C=O) groups is 1. The first-order valence-corrected chi connectivity index (χ1v) is 7.28. The highest BCUT2D eigenvalue weighted by Crippen LogP contribution is 2.26. The summed E-state index contributed by atoms with van der Waals surface area (Å²) in [6, 6.07) is 11.7. The van der Waals surface area contributed by atoms with Gasteiger partial charge in [0, 0.05) is 30.3 Å². The number of anilines is 1. The Balaban J connectivity index is 2.07. The predicted molar refractivity (Wildman–Crippen MR) is 86.4 cm³/mol. The molecule has 0 aliphatic rings. The second kappa shape index (κ2) is 6.08. The lowest BCUT2D eigenvalue weighted by Crippen LogP contribution is -2.04. The van der Waals surface area contributed by atoms with Crippen LogP contribution in [0.25, 0.3) is 22.4 Å². The van der Waals surface area contributed by atoms with Gasteiger partial charge in [0.25, 0.3) is 0 Å². The number of nitrogen functional groups attached to an aromatic ring is 1. The van der Waals surface area contributed by atoms with Gasteiger partial charge in [-0.05, 0) is 42.8 Å². The summed E-state index contributed by atoms with van der Waals surface area (Å²) < 4.78 is 15.4. The fourth-order valence-electron chi connectivity index (χ4n) is 2.57. The maximum atomic E-state index is 13.4. The minimum atomic E-state index is -0.838. The van der Waals surface area contributed by atoms with E-state index < -0.39 is 5.97 Å². The van der Waals surface area contributed by atoms with Crippen molar-refractivity contribution in [2.45, 2.75) is 19.4 Å². The van der Waals surface area contributed by atoms with E-state index in [-0.39, 0.29) is 12.2 Å². The second-order valence-corrected chi connectivity index (χ2v) is 5.34. The molecule has 0 aliphatic heterocycles. The fourth-order valence-corrected chi connectivity index (χ4v) is 2.57. The van der Waals surface area contributed by atoms with Gasteiger partial charge < -0.3 is 15.4 Å². The van der Waals surface area contributed by atoms with Crippen LogP contribution in [0.15, 0.2) is 42.5 Å². The molecule has 0 saturated carbocycles. The van der Waals surface area contributed by atoms with Crippen LogP contribution in [0.3, 0.4) is 0 Å². The Morgan fingerprint density at radius 1 is 1.22 bits per heavy atom. The number of imidazole rings is 1. The fraction of sp³-hybridized carbons (Fsp3) is 0.176. The molecule has 0 atom stereocenters. The van der Waals surface area contributed by atoms with Crippen LogP contribution in [0.1, 0.15) is 12.8 Å². The molecule has 0 spiro atoms. The standard InChI is InChI=1S/C17H16FN3O2/c18-12-5-8-15-14(10-12)20-17(11-3-6-13(19)7-4-11)21(15)9-1-2-16(22)23/h3-8,10H,1-2,9,19H2,(H,22,23). The molecular weight excluding hydrogens is 297 g/mol. The average Bonchev–Trinajstić information content (AvgIpc) is 2.85. The molecule has 0 unspecified atom stereocenters. The number of hydrogen-bond acceptors (Lipinski definition) is 3. The van der Waals surface area contributed by atoms with E-state index in [1.165, 1.54) is 12.1 Å². The second-order valence-electron chi connectivity index (χ2n) is 5.34. The smallest absolute Gasteiger partial charge is 0.303 e. The van der Waals surface area contributed by atoms with Crippen LogP contribution in [0, 0.1) is 5.82 Å². The van der Waals surface area contributed by atoms with Gasteiger partial charge in [0.1, 0.15) is 11.6 Å². The van der Waals surface area contributed by atoms with Crippen molar-refractivity contribution in [3.63, 3.8) is 0 Å². The SMILES string of the molecule is Nc1ccc(-c2nc3cc(F)ccc3n2CCCC(=O)O)cc1. The molecular formula is C17H16FN3O2. The van der Waals surface area contributed by atoms with E-state index in [4.69, 9.17) is 10.8 Å². The van der Waals surface area contributed by atoms with Gasteiger partial charge in [0.2, 0.25) is 0 Å². The topological polar surface area (TPSA) is 81.1 Å². The lowest BCUT2D eigenvalue weighted by atomic mass is 10.2. The van der Waals surface area contributed by atoms with E-state index in [0.717, 1.165) is 11.1 Å². The number of nitrogens with zero attached hydrogens (tertiary/aromatic N) is 2. The number of benzene rings is 2. The molecule has 3 N–H and O–H groups in total. The Kier molecular flexibility index (Phi) is 3.97. The molecule has 6 heteroatoms. The van der Waals surface area contributed by atoms with Crippen molar-refractivity contribution in [2.24, 2.45) is 0 Å². The number of nitrogens with two attached hydrogens (primary N) is 1. The predicted octanol–water partition coefficient (Wildman–Crippen LogP) is 3.29. The molecule has 0 aliphatic carbocycles. The first kappa shape index (κ1) is 15.0. The van der Waals surface area contributed by atoms with E-state index in [1.54, 1.807) is 18.2 Å². The van der Waals surface area contributed by atoms with Crippen molar-refractivity contribution in [1.82, 2.24) is 9.55 Å². The summed E-state index contributed by atoms with van der Waals surface area (Å²) >= 11 is 0. The third kappa shape index (κ3) is 3.15. The quantitative estimate of drug-likeness (QED) is 0.708. The van der Waals surface area contributed by atoms with E-state index in [2.05, 4.69) is 4.98 Å². The van der Waals surface area contributed by atoms with Gasteiger partial charge in [-0.25, -0.2) is 9.37 Å². The molecule has 0 bridgehead atoms. The number of aromatic nitrogens is 2. The molecule has 0 saturated heterocycles. The number of rotatable bonds is 5. The Bertz CT molecular complexity index is 856. The summed E-state index contributed by atoms with van der Waals surface area (Å²) in [5.74, 6) is -0.512. The van der Waals surface area contributed by atoms with Gasteiger partial charge in [0.05, 0.1) is 11.0 Å². The number of aliphatic carboxylic acids is 1. The highest BCUT2D eigenvalue weighted by Gasteiger charge is 2.13. The molecule has 118 valence electrons. The van der Waals surface area contributed by atoms with Crippen LogP contribution < -0.4 is 5.73 Å². The van der Waals surface area contributed by atoms with Gasteiger partial charge in [-0.15, -0.1) is 0 Å². The average molecular weight is 313 g/mol. The Labute approximate surface area is 132 Å². The molecule has 1 aromatic heterocycles. The summed E-state index contributed by atoms with van der Waals surface area (Å²) in [5, 5.41) is 8.82. The Hall–Kier alpha value is -2.89. The van der Waals surface area contributed by atoms with E-state index in [9.17, 15) is 9.18 Å². The van der Waals surface area contributed by atoms with Crippen molar-refractivity contribution >= 4 is 22.7 Å². The molecule has 5 nitrogen and oxygen atoms in total. The number of hydrogen-bond donors (Lipinski definition) is 2. The van der Waals surface area contributed by atoms with Gasteiger partial charge in [-0.1, -0.05) is 0 Å². The molecule has 0 fully saturated rings. The highest BCUT2D eigenvalue weighted by molar-refractivity contribution is 5.81. The van der Waals surface area contributed by atoms with Crippen molar-refractivity contribution in [2.75, 3.05) is 5.73 Å². The lowest BCUT2D eigenvalue weighted by Gasteiger charge is -2.09. The number of fused-ring (bicyclic) bond motifs is 1. The molecule has 0 amide bonds. The Morgan fingerprint density at radius 2 is 1.96 bits per heavy atom. The Morgan fingerprint density at radius 3 is 2.65 bits per heavy atom. The van der Waals surface area contributed by atoms with Gasteiger partial charge >= 0.3 is 5.97 Å². The summed E-state index contributed by atoms with van der Waals surface area (Å²) in [5.41, 5.74) is 8.54. The number of halogens is 1. The molecule has 1 heterocycles. The van der Waals surface area contributed by atoms with Crippen molar-refractivity contribution in [3.05, 3.63) is 48.3 Å². The van der Waals surface area contributed by atoms with Crippen LogP contribution in [0.2, 0.25) is 0 Å². The van der Waals surface area contributed by atoms with E-state index in [1.807, 2.05) is 16.7 Å². The van der Waals surface area contributed by atoms with Crippen molar-refractivity contribution < 1.29 is 14.3 Å². The normalized spacial score (nSPS) is 11.0. The third-order valence-electron chi connectivity index (χ3n) is 3.65. The van der Waals surface area contributed by atoms with Gasteiger partial charge in [0.15, 0.2) is 0 Å². The van der Waals surface area contributed by atoms with E-state index in [0.29, 0.717) is 30.0 Å². The van der Waals surface area contributed by atoms with Gasteiger partial charge in [-0.3, -0.25) is 4.79 Å². The van der Waals surface area contributed by atoms with Crippen LogP contribution in [-0.2, 0) is 11.3 Å². The molecule has 3 aromatic rings. The lowest BCUT2D eigenvalue weighted by molar-refractivity contribution is -0.137. The summed E-state index contributed by atoms with van der Waals surface area (Å²) in [6.45, 7) is 0.494. The molecule has 23 heavy (non-hydrogen) atoms. The summed E-state index contributed by atoms with van der Waals surface area (Å²) in [4.78, 5) is 15.2. The third-order valence-corrected chi connectivity index (χ3v) is 3.65. The van der Waals surface area contributed by atoms with E-state index >= 15 is 0 Å². The van der Waals surface area contributed by atoms with Crippen LogP contribution in [-0.4, -0.2) is 20.6 Å². The monoisotopic (exact) mass is 313 g/mol. The number of carboxylic acids is 1. The first-order chi connectivity index (χ1) is 11.0. The minimum Gasteiger partial charge on any atom is -0.481 e.